The Kier molecular flexibility index (Phi) is 5.22. The van der Waals surface area contributed by atoms with Crippen molar-refractivity contribution < 1.29 is 22.8 Å². The molecule has 1 aliphatic heterocycles. The number of amides is 2. The van der Waals surface area contributed by atoms with Gasteiger partial charge in [0.25, 0.3) is 0 Å². The maximum Gasteiger partial charge on any atom is 0.416 e. The van der Waals surface area contributed by atoms with Gasteiger partial charge >= 0.3 is 6.18 Å². The van der Waals surface area contributed by atoms with E-state index in [1.54, 1.807) is 12.1 Å². The molecule has 2 amide bonds. The van der Waals surface area contributed by atoms with E-state index in [4.69, 9.17) is 0 Å². The van der Waals surface area contributed by atoms with E-state index in [1.165, 1.54) is 28.8 Å². The second kappa shape index (κ2) is 7.41. The molecule has 0 saturated heterocycles. The summed E-state index contributed by atoms with van der Waals surface area (Å²) in [6.07, 6.45) is -4.20. The van der Waals surface area contributed by atoms with Gasteiger partial charge in [-0.2, -0.15) is 13.2 Å². The summed E-state index contributed by atoms with van der Waals surface area (Å²) in [7, 11) is 0. The van der Waals surface area contributed by atoms with Gasteiger partial charge in [0.1, 0.15) is 6.54 Å². The molecule has 136 valence electrons. The van der Waals surface area contributed by atoms with Gasteiger partial charge in [-0.25, -0.2) is 0 Å². The fraction of sp³-hybridized carbons (Fsp3) is 0.222. The Balaban J connectivity index is 1.77. The maximum atomic E-state index is 12.8. The molecule has 0 saturated carbocycles. The molecule has 0 bridgehead atoms. The van der Waals surface area contributed by atoms with Crippen LogP contribution in [0.15, 0.2) is 53.4 Å². The summed E-state index contributed by atoms with van der Waals surface area (Å²) in [4.78, 5) is 26.9. The van der Waals surface area contributed by atoms with Gasteiger partial charge in [0.05, 0.1) is 11.3 Å². The molecule has 0 aliphatic carbocycles. The molecule has 0 spiro atoms. The number of anilines is 2. The van der Waals surface area contributed by atoms with Crippen LogP contribution >= 0.6 is 11.8 Å². The summed E-state index contributed by atoms with van der Waals surface area (Å²) in [5.41, 5.74) is -0.170. The van der Waals surface area contributed by atoms with E-state index in [-0.39, 0.29) is 24.6 Å². The summed E-state index contributed by atoms with van der Waals surface area (Å²) >= 11 is 1.53. The summed E-state index contributed by atoms with van der Waals surface area (Å²) in [6, 6.07) is 11.6. The predicted octanol–water partition coefficient (Wildman–Crippen LogP) is 4.17. The second-order valence-electron chi connectivity index (χ2n) is 5.67. The van der Waals surface area contributed by atoms with Gasteiger partial charge in [-0.1, -0.05) is 18.2 Å². The summed E-state index contributed by atoms with van der Waals surface area (Å²) in [6.45, 7) is -0.257. The first-order chi connectivity index (χ1) is 12.3. The normalized spacial score (nSPS) is 14.6. The minimum absolute atomic E-state index is 0.0368. The fourth-order valence-corrected chi connectivity index (χ4v) is 3.61. The quantitative estimate of drug-likeness (QED) is 0.869. The van der Waals surface area contributed by atoms with Crippen molar-refractivity contribution in [1.82, 2.24) is 0 Å². The molecule has 1 heterocycles. The van der Waals surface area contributed by atoms with E-state index in [0.717, 1.165) is 17.0 Å². The molecule has 3 rings (SSSR count). The Labute approximate surface area is 152 Å². The molecule has 0 unspecified atom stereocenters. The Bertz CT molecular complexity index is 839. The molecule has 0 radical (unpaired) electrons. The summed E-state index contributed by atoms with van der Waals surface area (Å²) in [5.74, 6) is -0.136. The number of carbonyl (C=O) groups excluding carboxylic acids is 2. The third-order valence-electron chi connectivity index (χ3n) is 3.81. The smallest absolute Gasteiger partial charge is 0.325 e. The number of fused-ring (bicyclic) bond motifs is 1. The molecule has 26 heavy (non-hydrogen) atoms. The van der Waals surface area contributed by atoms with Crippen LogP contribution in [0.2, 0.25) is 0 Å². The number of rotatable bonds is 3. The number of hydrogen-bond acceptors (Lipinski definition) is 3. The lowest BCUT2D eigenvalue weighted by Gasteiger charge is -2.22. The Morgan fingerprint density at radius 2 is 1.92 bits per heavy atom. The number of carbonyl (C=O) groups is 2. The highest BCUT2D eigenvalue weighted by atomic mass is 32.2. The molecule has 1 N–H and O–H groups in total. The van der Waals surface area contributed by atoms with Crippen LogP contribution in [-0.2, 0) is 15.8 Å². The van der Waals surface area contributed by atoms with Crippen molar-refractivity contribution in [3.63, 3.8) is 0 Å². The highest BCUT2D eigenvalue weighted by Gasteiger charge is 2.30. The molecular weight excluding hydrogens is 365 g/mol. The minimum atomic E-state index is -4.49. The molecule has 2 aromatic rings. The van der Waals surface area contributed by atoms with Crippen LogP contribution < -0.4 is 10.2 Å². The topological polar surface area (TPSA) is 49.4 Å². The van der Waals surface area contributed by atoms with Gasteiger partial charge in [-0.3, -0.25) is 9.59 Å². The van der Waals surface area contributed by atoms with Crippen molar-refractivity contribution in [3.05, 3.63) is 54.1 Å². The van der Waals surface area contributed by atoms with Crippen LogP contribution in [0.25, 0.3) is 0 Å². The summed E-state index contributed by atoms with van der Waals surface area (Å²) < 4.78 is 38.3. The van der Waals surface area contributed by atoms with Crippen LogP contribution in [0.4, 0.5) is 24.5 Å². The van der Waals surface area contributed by atoms with E-state index < -0.39 is 17.6 Å². The Morgan fingerprint density at radius 1 is 1.15 bits per heavy atom. The van der Waals surface area contributed by atoms with Crippen LogP contribution in [0.1, 0.15) is 12.0 Å². The molecule has 0 atom stereocenters. The van der Waals surface area contributed by atoms with Gasteiger partial charge in [0, 0.05) is 22.8 Å². The molecule has 4 nitrogen and oxygen atoms in total. The molecule has 1 aliphatic rings. The SMILES string of the molecule is O=C(CN1C(=O)CCSc2ccccc21)Nc1cccc(C(F)(F)F)c1. The monoisotopic (exact) mass is 380 g/mol. The van der Waals surface area contributed by atoms with E-state index in [0.29, 0.717) is 11.4 Å². The average molecular weight is 380 g/mol. The lowest BCUT2D eigenvalue weighted by Crippen LogP contribution is -2.38. The van der Waals surface area contributed by atoms with Crippen molar-refractivity contribution >= 4 is 35.0 Å². The first kappa shape index (κ1) is 18.3. The number of hydrogen-bond donors (Lipinski definition) is 1. The van der Waals surface area contributed by atoms with Gasteiger partial charge in [-0.15, -0.1) is 11.8 Å². The zero-order valence-electron chi connectivity index (χ0n) is 13.5. The number of nitrogens with one attached hydrogen (secondary N) is 1. The molecule has 8 heteroatoms. The van der Waals surface area contributed by atoms with E-state index in [2.05, 4.69) is 5.32 Å². The zero-order chi connectivity index (χ0) is 18.7. The fourth-order valence-electron chi connectivity index (χ4n) is 2.61. The van der Waals surface area contributed by atoms with Crippen molar-refractivity contribution in [2.24, 2.45) is 0 Å². The second-order valence-corrected chi connectivity index (χ2v) is 6.81. The third-order valence-corrected chi connectivity index (χ3v) is 4.87. The molecule has 0 aromatic heterocycles. The lowest BCUT2D eigenvalue weighted by atomic mass is 10.2. The van der Waals surface area contributed by atoms with Crippen molar-refractivity contribution in [2.45, 2.75) is 17.5 Å². The largest absolute Gasteiger partial charge is 0.416 e. The number of halogens is 3. The highest BCUT2D eigenvalue weighted by Crippen LogP contribution is 2.34. The maximum absolute atomic E-state index is 12.8. The minimum Gasteiger partial charge on any atom is -0.325 e. The standard InChI is InChI=1S/C18H15F3N2O2S/c19-18(20,21)12-4-3-5-13(10-12)22-16(24)11-23-14-6-1-2-7-15(14)26-9-8-17(23)25/h1-7,10H,8-9,11H2,(H,22,24). The van der Waals surface area contributed by atoms with Gasteiger partial charge in [-0.05, 0) is 30.3 Å². The van der Waals surface area contributed by atoms with Gasteiger partial charge in [0.2, 0.25) is 11.8 Å². The lowest BCUT2D eigenvalue weighted by molar-refractivity contribution is -0.137. The van der Waals surface area contributed by atoms with Gasteiger partial charge < -0.3 is 10.2 Å². The highest BCUT2D eigenvalue weighted by molar-refractivity contribution is 7.99. The number of alkyl halides is 3. The first-order valence-corrected chi connectivity index (χ1v) is 8.82. The van der Waals surface area contributed by atoms with Gasteiger partial charge in [0.15, 0.2) is 0 Å². The van der Waals surface area contributed by atoms with Crippen molar-refractivity contribution in [2.75, 3.05) is 22.5 Å². The van der Waals surface area contributed by atoms with Crippen molar-refractivity contribution in [1.29, 1.82) is 0 Å². The summed E-state index contributed by atoms with van der Waals surface area (Å²) in [5, 5.41) is 2.43. The van der Waals surface area contributed by atoms with Crippen LogP contribution in [0.5, 0.6) is 0 Å². The Morgan fingerprint density at radius 3 is 2.69 bits per heavy atom. The van der Waals surface area contributed by atoms with Crippen LogP contribution in [0.3, 0.4) is 0 Å². The van der Waals surface area contributed by atoms with Crippen molar-refractivity contribution in [3.8, 4) is 0 Å². The predicted molar refractivity (Wildman–Crippen MR) is 94.2 cm³/mol. The number of para-hydroxylation sites is 1. The average Bonchev–Trinajstić information content (AvgIpc) is 2.74. The van der Waals surface area contributed by atoms with E-state index in [9.17, 15) is 22.8 Å². The van der Waals surface area contributed by atoms with Crippen LogP contribution in [0, 0.1) is 0 Å². The third kappa shape index (κ3) is 4.19. The van der Waals surface area contributed by atoms with E-state index >= 15 is 0 Å². The number of nitrogens with zero attached hydrogens (tertiary/aromatic N) is 1. The molecular formula is C18H15F3N2O2S. The van der Waals surface area contributed by atoms with E-state index in [1.807, 2.05) is 12.1 Å². The number of thioether (sulfide) groups is 1. The molecule has 2 aromatic carbocycles. The molecule has 0 fully saturated rings. The number of benzene rings is 2. The van der Waals surface area contributed by atoms with Crippen LogP contribution in [-0.4, -0.2) is 24.1 Å². The Hall–Kier alpha value is -2.48. The zero-order valence-corrected chi connectivity index (χ0v) is 14.4. The first-order valence-electron chi connectivity index (χ1n) is 7.84.